The van der Waals surface area contributed by atoms with Gasteiger partial charge in [0, 0.05) is 6.07 Å². The molecule has 11 heteroatoms. The van der Waals surface area contributed by atoms with Crippen molar-refractivity contribution in [3.05, 3.63) is 72.3 Å². The van der Waals surface area contributed by atoms with E-state index in [-0.39, 0.29) is 10.4 Å². The van der Waals surface area contributed by atoms with Crippen LogP contribution < -0.4 is 19.5 Å². The number of aromatic nitrogens is 2. The molecule has 3 aromatic carbocycles. The number of anilines is 1. The molecular weight excluding hydrogens is 464 g/mol. The van der Waals surface area contributed by atoms with Crippen molar-refractivity contribution in [2.75, 3.05) is 19.5 Å². The molecule has 0 saturated carbocycles. The maximum absolute atomic E-state index is 13.3. The molecule has 4 rings (SSSR count). The first-order chi connectivity index (χ1) is 15.9. The topological polar surface area (TPSA) is 120 Å². The van der Waals surface area contributed by atoms with E-state index in [1.165, 1.54) is 20.3 Å². The number of hydrogen-bond acceptors (Lipinski definition) is 8. The van der Waals surface area contributed by atoms with E-state index in [0.717, 1.165) is 11.7 Å². The molecule has 0 fully saturated rings. The second kappa shape index (κ2) is 9.53. The SMILES string of the molecule is COc1ccc(OC)c(NC(=O)[C@@H](NS(=O)(=O)c2cccc3nsnc23)c2ccccc2)c1. The highest BCUT2D eigenvalue weighted by Gasteiger charge is 2.29. The Morgan fingerprint density at radius 2 is 1.76 bits per heavy atom. The predicted molar refractivity (Wildman–Crippen MR) is 125 cm³/mol. The van der Waals surface area contributed by atoms with Gasteiger partial charge < -0.3 is 14.8 Å². The summed E-state index contributed by atoms with van der Waals surface area (Å²) >= 11 is 0.917. The lowest BCUT2D eigenvalue weighted by molar-refractivity contribution is -0.117. The number of amides is 1. The minimum absolute atomic E-state index is 0.0542. The van der Waals surface area contributed by atoms with E-state index in [4.69, 9.17) is 9.47 Å². The molecule has 0 aliphatic carbocycles. The molecule has 9 nitrogen and oxygen atoms in total. The quantitative estimate of drug-likeness (QED) is 0.393. The van der Waals surface area contributed by atoms with E-state index < -0.39 is 22.0 Å². The monoisotopic (exact) mass is 484 g/mol. The summed E-state index contributed by atoms with van der Waals surface area (Å²) < 4.78 is 47.9. The maximum atomic E-state index is 13.3. The Bertz CT molecular complexity index is 1390. The van der Waals surface area contributed by atoms with E-state index in [2.05, 4.69) is 18.8 Å². The fourth-order valence-electron chi connectivity index (χ4n) is 3.25. The van der Waals surface area contributed by atoms with Gasteiger partial charge in [-0.3, -0.25) is 4.79 Å². The van der Waals surface area contributed by atoms with Crippen molar-refractivity contribution in [3.8, 4) is 11.5 Å². The molecule has 0 bridgehead atoms. The van der Waals surface area contributed by atoms with Crippen LogP contribution in [0.25, 0.3) is 11.0 Å². The number of nitrogens with one attached hydrogen (secondary N) is 2. The third kappa shape index (κ3) is 4.80. The number of benzene rings is 3. The molecule has 0 aliphatic rings. The van der Waals surface area contributed by atoms with Crippen molar-refractivity contribution in [1.82, 2.24) is 13.5 Å². The second-order valence-corrected chi connectivity index (χ2v) is 9.12. The van der Waals surface area contributed by atoms with Gasteiger partial charge in [-0.25, -0.2) is 8.42 Å². The van der Waals surface area contributed by atoms with E-state index >= 15 is 0 Å². The Kier molecular flexibility index (Phi) is 6.54. The Balaban J connectivity index is 1.71. The van der Waals surface area contributed by atoms with Crippen LogP contribution in [0.2, 0.25) is 0 Å². The van der Waals surface area contributed by atoms with Gasteiger partial charge in [0.25, 0.3) is 0 Å². The number of sulfonamides is 1. The summed E-state index contributed by atoms with van der Waals surface area (Å²) in [6.07, 6.45) is 0. The van der Waals surface area contributed by atoms with E-state index in [1.807, 2.05) is 0 Å². The van der Waals surface area contributed by atoms with Crippen LogP contribution in [-0.4, -0.2) is 37.3 Å². The summed E-state index contributed by atoms with van der Waals surface area (Å²) in [7, 11) is -1.16. The number of rotatable bonds is 8. The fourth-order valence-corrected chi connectivity index (χ4v) is 5.20. The third-order valence-electron chi connectivity index (χ3n) is 4.87. The zero-order valence-corrected chi connectivity index (χ0v) is 19.3. The first kappa shape index (κ1) is 22.6. The van der Waals surface area contributed by atoms with Crippen molar-refractivity contribution >= 4 is 44.4 Å². The van der Waals surface area contributed by atoms with E-state index in [0.29, 0.717) is 28.3 Å². The molecule has 1 amide bonds. The summed E-state index contributed by atoms with van der Waals surface area (Å²) in [6.45, 7) is 0. The first-order valence-electron chi connectivity index (χ1n) is 9.74. The van der Waals surface area contributed by atoms with Crippen molar-refractivity contribution in [3.63, 3.8) is 0 Å². The third-order valence-corrected chi connectivity index (χ3v) is 6.87. The summed E-state index contributed by atoms with van der Waals surface area (Å²) in [4.78, 5) is 13.3. The van der Waals surface area contributed by atoms with Gasteiger partial charge in [-0.1, -0.05) is 36.4 Å². The summed E-state index contributed by atoms with van der Waals surface area (Å²) in [5.41, 5.74) is 1.51. The van der Waals surface area contributed by atoms with Crippen molar-refractivity contribution in [1.29, 1.82) is 0 Å². The molecular formula is C22H20N4O5S2. The molecule has 33 heavy (non-hydrogen) atoms. The van der Waals surface area contributed by atoms with Gasteiger partial charge >= 0.3 is 0 Å². The molecule has 0 unspecified atom stereocenters. The highest BCUT2D eigenvalue weighted by atomic mass is 32.2. The van der Waals surface area contributed by atoms with Crippen LogP contribution >= 0.6 is 11.7 Å². The molecule has 0 radical (unpaired) electrons. The number of hydrogen-bond donors (Lipinski definition) is 2. The van der Waals surface area contributed by atoms with Crippen molar-refractivity contribution in [2.24, 2.45) is 0 Å². The Hall–Kier alpha value is -3.54. The summed E-state index contributed by atoms with van der Waals surface area (Å²) in [6, 6.07) is 16.9. The van der Waals surface area contributed by atoms with Crippen LogP contribution in [0.1, 0.15) is 11.6 Å². The van der Waals surface area contributed by atoms with Crippen molar-refractivity contribution < 1.29 is 22.7 Å². The number of fused-ring (bicyclic) bond motifs is 1. The van der Waals surface area contributed by atoms with Gasteiger partial charge in [0.05, 0.1) is 31.6 Å². The molecule has 0 aliphatic heterocycles. The Morgan fingerprint density at radius 3 is 2.48 bits per heavy atom. The largest absolute Gasteiger partial charge is 0.497 e. The molecule has 0 spiro atoms. The van der Waals surface area contributed by atoms with Gasteiger partial charge in [0.1, 0.15) is 33.5 Å². The molecule has 170 valence electrons. The lowest BCUT2D eigenvalue weighted by Crippen LogP contribution is -2.37. The highest BCUT2D eigenvalue weighted by molar-refractivity contribution is 7.89. The zero-order valence-electron chi connectivity index (χ0n) is 17.7. The van der Waals surface area contributed by atoms with Crippen LogP contribution in [0.3, 0.4) is 0 Å². The minimum Gasteiger partial charge on any atom is -0.497 e. The molecule has 1 atom stereocenters. The molecule has 1 heterocycles. The van der Waals surface area contributed by atoms with E-state index in [9.17, 15) is 13.2 Å². The van der Waals surface area contributed by atoms with Crippen LogP contribution in [0.5, 0.6) is 11.5 Å². The molecule has 1 aromatic heterocycles. The number of ether oxygens (including phenoxy) is 2. The average molecular weight is 485 g/mol. The summed E-state index contributed by atoms with van der Waals surface area (Å²) in [5, 5.41) is 2.74. The van der Waals surface area contributed by atoms with E-state index in [1.54, 1.807) is 60.7 Å². The Morgan fingerprint density at radius 1 is 0.970 bits per heavy atom. The van der Waals surface area contributed by atoms with Gasteiger partial charge in [-0.05, 0) is 29.8 Å². The van der Waals surface area contributed by atoms with Crippen molar-refractivity contribution in [2.45, 2.75) is 10.9 Å². The lowest BCUT2D eigenvalue weighted by atomic mass is 10.1. The number of nitrogens with zero attached hydrogens (tertiary/aromatic N) is 2. The van der Waals surface area contributed by atoms with Gasteiger partial charge in [0.15, 0.2) is 0 Å². The minimum atomic E-state index is -4.13. The standard InChI is InChI=1S/C22H20N4O5S2/c1-30-15-11-12-18(31-2)17(13-15)23-22(27)20(14-7-4-3-5-8-14)26-33(28,29)19-10-6-9-16-21(19)25-32-24-16/h3-13,20,26H,1-2H3,(H,23,27)/t20-/m0/s1. The number of carbonyl (C=O) groups is 1. The maximum Gasteiger partial charge on any atom is 0.247 e. The molecule has 4 aromatic rings. The van der Waals surface area contributed by atoms with Crippen LogP contribution in [-0.2, 0) is 14.8 Å². The molecule has 0 saturated heterocycles. The lowest BCUT2D eigenvalue weighted by Gasteiger charge is -2.20. The van der Waals surface area contributed by atoms with Gasteiger partial charge in [-0.2, -0.15) is 13.5 Å². The fraction of sp³-hybridized carbons (Fsp3) is 0.136. The first-order valence-corrected chi connectivity index (χ1v) is 12.0. The van der Waals surface area contributed by atoms with Gasteiger partial charge in [-0.15, -0.1) is 0 Å². The van der Waals surface area contributed by atoms with Crippen LogP contribution in [0, 0.1) is 0 Å². The van der Waals surface area contributed by atoms with Gasteiger partial charge in [0.2, 0.25) is 15.9 Å². The normalized spacial score (nSPS) is 12.3. The van der Waals surface area contributed by atoms with Crippen LogP contribution in [0.4, 0.5) is 5.69 Å². The average Bonchev–Trinajstić information content (AvgIpc) is 3.32. The summed E-state index contributed by atoms with van der Waals surface area (Å²) in [5.74, 6) is 0.308. The zero-order chi connectivity index (χ0) is 23.4. The number of carbonyl (C=O) groups excluding carboxylic acids is 1. The van der Waals surface area contributed by atoms with Crippen LogP contribution in [0.15, 0.2) is 71.6 Å². The smallest absolute Gasteiger partial charge is 0.247 e. The Labute approximate surface area is 194 Å². The highest BCUT2D eigenvalue weighted by Crippen LogP contribution is 2.30. The molecule has 2 N–H and O–H groups in total. The second-order valence-electron chi connectivity index (χ2n) is 6.91. The predicted octanol–water partition coefficient (Wildman–Crippen LogP) is 3.37. The number of methoxy groups -OCH3 is 2.